The largest absolute Gasteiger partial charge is 0.357 e. The topological polar surface area (TPSA) is 53.5 Å². The summed E-state index contributed by atoms with van der Waals surface area (Å²) in [6, 6.07) is 7.65. The van der Waals surface area contributed by atoms with E-state index >= 15 is 0 Å². The molecule has 1 aromatic rings. The summed E-state index contributed by atoms with van der Waals surface area (Å²) in [5, 5.41) is 7.14. The van der Waals surface area contributed by atoms with Crippen LogP contribution in [0.2, 0.25) is 5.02 Å². The first-order valence-electron chi connectivity index (χ1n) is 7.48. The molecule has 2 N–H and O–H groups in total. The molecule has 1 rings (SSSR count). The van der Waals surface area contributed by atoms with Crippen LogP contribution in [0.25, 0.3) is 0 Å². The van der Waals surface area contributed by atoms with E-state index in [0.29, 0.717) is 18.8 Å². The maximum Gasteiger partial charge on any atom is 0.191 e. The highest BCUT2D eigenvalue weighted by atomic mass is 127. The molecule has 0 radical (unpaired) electrons. The van der Waals surface area contributed by atoms with E-state index in [-0.39, 0.29) is 28.7 Å². The molecular formula is C16H27ClIN3OS. The molecule has 7 heteroatoms. The predicted octanol–water partition coefficient (Wildman–Crippen LogP) is 3.56. The summed E-state index contributed by atoms with van der Waals surface area (Å²) in [7, 11) is -0.860. The van der Waals surface area contributed by atoms with E-state index in [2.05, 4.69) is 15.6 Å². The monoisotopic (exact) mass is 471 g/mol. The zero-order valence-electron chi connectivity index (χ0n) is 14.2. The number of guanidine groups is 1. The van der Waals surface area contributed by atoms with Crippen molar-refractivity contribution in [2.24, 2.45) is 4.99 Å². The molecule has 0 amide bonds. The van der Waals surface area contributed by atoms with Gasteiger partial charge in [-0.15, -0.1) is 24.0 Å². The number of benzene rings is 1. The summed E-state index contributed by atoms with van der Waals surface area (Å²) >= 11 is 5.87. The maximum atomic E-state index is 12.0. The lowest BCUT2D eigenvalue weighted by atomic mass is 10.2. The van der Waals surface area contributed by atoms with Crippen LogP contribution in [0.1, 0.15) is 33.3 Å². The predicted molar refractivity (Wildman–Crippen MR) is 112 cm³/mol. The van der Waals surface area contributed by atoms with Crippen molar-refractivity contribution in [3.63, 3.8) is 0 Å². The van der Waals surface area contributed by atoms with E-state index < -0.39 is 10.8 Å². The summed E-state index contributed by atoms with van der Waals surface area (Å²) in [4.78, 5) is 4.52. The molecule has 0 bridgehead atoms. The summed E-state index contributed by atoms with van der Waals surface area (Å²) in [5.74, 6) is 1.35. The van der Waals surface area contributed by atoms with E-state index in [0.717, 1.165) is 23.1 Å². The highest BCUT2D eigenvalue weighted by Crippen LogP contribution is 2.11. The van der Waals surface area contributed by atoms with Crippen LogP contribution in [0.4, 0.5) is 0 Å². The fourth-order valence-electron chi connectivity index (χ4n) is 1.67. The highest BCUT2D eigenvalue weighted by Gasteiger charge is 2.18. The number of rotatable bonds is 6. The molecule has 0 aromatic heterocycles. The van der Waals surface area contributed by atoms with Gasteiger partial charge in [0.25, 0.3) is 0 Å². The molecule has 0 aliphatic heterocycles. The number of aliphatic imine (C=N–C) groups is 1. The number of hydrogen-bond donors (Lipinski definition) is 2. The highest BCUT2D eigenvalue weighted by molar-refractivity contribution is 14.0. The summed E-state index contributed by atoms with van der Waals surface area (Å²) < 4.78 is 11.8. The SMILES string of the molecule is CCNC(=NCc1ccc(Cl)cc1)NCCS(=O)C(C)(C)C.I. The lowest BCUT2D eigenvalue weighted by Gasteiger charge is -2.18. The minimum Gasteiger partial charge on any atom is -0.357 e. The van der Waals surface area contributed by atoms with Gasteiger partial charge in [-0.05, 0) is 45.4 Å². The number of halogens is 2. The van der Waals surface area contributed by atoms with E-state index in [1.54, 1.807) is 0 Å². The average molecular weight is 472 g/mol. The number of hydrogen-bond acceptors (Lipinski definition) is 2. The van der Waals surface area contributed by atoms with Gasteiger partial charge in [-0.25, -0.2) is 4.99 Å². The molecule has 0 saturated carbocycles. The van der Waals surface area contributed by atoms with Crippen LogP contribution in [0, 0.1) is 0 Å². The third kappa shape index (κ3) is 9.52. The quantitative estimate of drug-likeness (QED) is 0.379. The van der Waals surface area contributed by atoms with Crippen molar-refractivity contribution >= 4 is 52.3 Å². The molecule has 0 heterocycles. The number of nitrogens with one attached hydrogen (secondary N) is 2. The molecule has 0 aliphatic rings. The zero-order valence-corrected chi connectivity index (χ0v) is 18.1. The first kappa shape index (κ1) is 22.7. The van der Waals surface area contributed by atoms with Crippen LogP contribution in [-0.2, 0) is 17.3 Å². The fourth-order valence-corrected chi connectivity index (χ4v) is 2.70. The molecule has 0 fully saturated rings. The van der Waals surface area contributed by atoms with Crippen LogP contribution in [-0.4, -0.2) is 33.8 Å². The van der Waals surface area contributed by atoms with E-state index in [9.17, 15) is 4.21 Å². The van der Waals surface area contributed by atoms with Crippen molar-refractivity contribution in [3.8, 4) is 0 Å². The second kappa shape index (κ2) is 11.3. The zero-order chi connectivity index (χ0) is 16.6. The Balaban J connectivity index is 0.00000484. The van der Waals surface area contributed by atoms with Crippen LogP contribution >= 0.6 is 35.6 Å². The second-order valence-corrected chi connectivity index (χ2v) is 8.67. The van der Waals surface area contributed by atoms with Crippen molar-refractivity contribution in [1.29, 1.82) is 0 Å². The number of nitrogens with zero attached hydrogens (tertiary/aromatic N) is 1. The fraction of sp³-hybridized carbons (Fsp3) is 0.562. The molecule has 0 aliphatic carbocycles. The standard InChI is InChI=1S/C16H26ClN3OS.HI/c1-5-18-15(19-10-11-22(21)16(2,3)4)20-12-13-6-8-14(17)9-7-13;/h6-9H,5,10-12H2,1-4H3,(H2,18,19,20);1H. The molecular weight excluding hydrogens is 445 g/mol. The van der Waals surface area contributed by atoms with Crippen molar-refractivity contribution < 1.29 is 4.21 Å². The van der Waals surface area contributed by atoms with Gasteiger partial charge in [0.15, 0.2) is 5.96 Å². The first-order chi connectivity index (χ1) is 10.3. The Hall–Kier alpha value is -0.340. The minimum absolute atomic E-state index is 0. The Kier molecular flexibility index (Phi) is 11.1. The van der Waals surface area contributed by atoms with E-state index in [4.69, 9.17) is 11.6 Å². The summed E-state index contributed by atoms with van der Waals surface area (Å²) in [6.07, 6.45) is 0. The third-order valence-corrected chi connectivity index (χ3v) is 5.13. The van der Waals surface area contributed by atoms with Gasteiger partial charge < -0.3 is 10.6 Å². The van der Waals surface area contributed by atoms with Gasteiger partial charge in [0.05, 0.1) is 6.54 Å². The van der Waals surface area contributed by atoms with E-state index in [1.807, 2.05) is 52.0 Å². The maximum absolute atomic E-state index is 12.0. The Morgan fingerprint density at radius 2 is 1.83 bits per heavy atom. The molecule has 4 nitrogen and oxygen atoms in total. The molecule has 1 atom stereocenters. The van der Waals surface area contributed by atoms with Crippen LogP contribution in [0.5, 0.6) is 0 Å². The lowest BCUT2D eigenvalue weighted by molar-refractivity contribution is 0.647. The minimum atomic E-state index is -0.860. The van der Waals surface area contributed by atoms with Crippen molar-refractivity contribution in [2.75, 3.05) is 18.8 Å². The van der Waals surface area contributed by atoms with Gasteiger partial charge in [0, 0.05) is 39.4 Å². The molecule has 1 unspecified atom stereocenters. The van der Waals surface area contributed by atoms with Crippen LogP contribution < -0.4 is 10.6 Å². The molecule has 132 valence electrons. The Bertz CT molecular complexity index is 515. The van der Waals surface area contributed by atoms with Crippen molar-refractivity contribution in [2.45, 2.75) is 39.0 Å². The van der Waals surface area contributed by atoms with Crippen molar-refractivity contribution in [1.82, 2.24) is 10.6 Å². The Labute approximate surface area is 164 Å². The van der Waals surface area contributed by atoms with Crippen molar-refractivity contribution in [3.05, 3.63) is 34.9 Å². The van der Waals surface area contributed by atoms with Gasteiger partial charge in [0.1, 0.15) is 0 Å². The first-order valence-corrected chi connectivity index (χ1v) is 9.17. The second-order valence-electron chi connectivity index (χ2n) is 5.91. The Morgan fingerprint density at radius 1 is 1.22 bits per heavy atom. The van der Waals surface area contributed by atoms with Gasteiger partial charge in [-0.3, -0.25) is 4.21 Å². The lowest BCUT2D eigenvalue weighted by Crippen LogP contribution is -2.40. The molecule has 0 saturated heterocycles. The van der Waals surface area contributed by atoms with Gasteiger partial charge >= 0.3 is 0 Å². The van der Waals surface area contributed by atoms with Gasteiger partial charge in [-0.2, -0.15) is 0 Å². The van der Waals surface area contributed by atoms with Crippen LogP contribution in [0.15, 0.2) is 29.3 Å². The molecule has 1 aromatic carbocycles. The van der Waals surface area contributed by atoms with Gasteiger partial charge in [0.2, 0.25) is 0 Å². The summed E-state index contributed by atoms with van der Waals surface area (Å²) in [5.41, 5.74) is 1.10. The third-order valence-electron chi connectivity index (χ3n) is 2.94. The molecule has 0 spiro atoms. The van der Waals surface area contributed by atoms with E-state index in [1.165, 1.54) is 0 Å². The smallest absolute Gasteiger partial charge is 0.191 e. The summed E-state index contributed by atoms with van der Waals surface area (Å²) in [6.45, 7) is 9.99. The molecule has 23 heavy (non-hydrogen) atoms. The average Bonchev–Trinajstić information content (AvgIpc) is 2.45. The Morgan fingerprint density at radius 3 is 2.35 bits per heavy atom. The van der Waals surface area contributed by atoms with Crippen LogP contribution in [0.3, 0.4) is 0 Å². The normalized spacial score (nSPS) is 13.2. The van der Waals surface area contributed by atoms with Gasteiger partial charge in [-0.1, -0.05) is 23.7 Å².